The number of H-pyrrole nitrogens is 2. The number of anilines is 3. The first-order chi connectivity index (χ1) is 28.1. The summed E-state index contributed by atoms with van der Waals surface area (Å²) in [5.41, 5.74) is 15.5. The highest BCUT2D eigenvalue weighted by Gasteiger charge is 2.22. The van der Waals surface area contributed by atoms with Gasteiger partial charge in [-0.3, -0.25) is 4.98 Å². The average molecular weight is 764 g/mol. The molecule has 15 nitrogen and oxygen atoms in total. The molecule has 0 spiro atoms. The molecule has 0 unspecified atom stereocenters. The lowest BCUT2D eigenvalue weighted by molar-refractivity contribution is 0.330. The molecule has 0 saturated carbocycles. The Bertz CT molecular complexity index is 2650. The van der Waals surface area contributed by atoms with Crippen molar-refractivity contribution in [2.45, 2.75) is 13.8 Å². The summed E-state index contributed by atoms with van der Waals surface area (Å²) in [5, 5.41) is 8.86. The number of fused-ring (bicyclic) bond motifs is 6. The lowest BCUT2D eigenvalue weighted by Gasteiger charge is -2.27. The van der Waals surface area contributed by atoms with Crippen LogP contribution in [-0.4, -0.2) is 105 Å². The predicted molar refractivity (Wildman–Crippen MR) is 226 cm³/mol. The molecule has 10 rings (SSSR count). The SMILES string of the molecule is CCOc1nc(N2CCNCC2)nc2c1[nH]c1c(-c3ccncc3)cccc12.CCOc1nc(N2CCNCC2)nc2c1[nH]c1cc(-c3ccc(N)nc3)ccc12. The molecule has 0 atom stereocenters. The summed E-state index contributed by atoms with van der Waals surface area (Å²) >= 11 is 0. The third kappa shape index (κ3) is 7.18. The number of ether oxygens (including phenoxy) is 2. The predicted octanol–water partition coefficient (Wildman–Crippen LogP) is 5.55. The van der Waals surface area contributed by atoms with Crippen LogP contribution in [0.2, 0.25) is 0 Å². The molecule has 8 aromatic rings. The van der Waals surface area contributed by atoms with Crippen LogP contribution in [0.5, 0.6) is 11.8 Å². The van der Waals surface area contributed by atoms with Crippen molar-refractivity contribution in [3.8, 4) is 34.0 Å². The van der Waals surface area contributed by atoms with Crippen molar-refractivity contribution in [1.82, 2.24) is 50.5 Å². The maximum absolute atomic E-state index is 5.89. The van der Waals surface area contributed by atoms with Crippen LogP contribution in [0.4, 0.5) is 17.7 Å². The van der Waals surface area contributed by atoms with Gasteiger partial charge in [-0.05, 0) is 55.3 Å². The molecular formula is C42H45N13O2. The van der Waals surface area contributed by atoms with E-state index in [4.69, 9.17) is 35.1 Å². The fourth-order valence-corrected chi connectivity index (χ4v) is 7.49. The van der Waals surface area contributed by atoms with E-state index in [1.54, 1.807) is 6.20 Å². The Balaban J connectivity index is 0.000000148. The largest absolute Gasteiger partial charge is 0.476 e. The van der Waals surface area contributed by atoms with Crippen LogP contribution < -0.4 is 35.6 Å². The Morgan fingerprint density at radius 2 is 1.25 bits per heavy atom. The van der Waals surface area contributed by atoms with Gasteiger partial charge in [0.15, 0.2) is 0 Å². The van der Waals surface area contributed by atoms with Crippen LogP contribution in [0, 0.1) is 0 Å². The average Bonchev–Trinajstić information content (AvgIpc) is 3.84. The summed E-state index contributed by atoms with van der Waals surface area (Å²) in [6.45, 7) is 12.3. The third-order valence-corrected chi connectivity index (χ3v) is 10.3. The number of hydrogen-bond donors (Lipinski definition) is 5. The molecule has 0 bridgehead atoms. The van der Waals surface area contributed by atoms with Crippen molar-refractivity contribution in [2.24, 2.45) is 0 Å². The number of aromatic nitrogens is 8. The minimum absolute atomic E-state index is 0.512. The molecule has 2 aliphatic heterocycles. The number of nitrogens with two attached hydrogens (primary N) is 1. The highest BCUT2D eigenvalue weighted by atomic mass is 16.5. The lowest BCUT2D eigenvalue weighted by atomic mass is 10.0. The van der Waals surface area contributed by atoms with Crippen LogP contribution in [0.25, 0.3) is 66.1 Å². The second-order valence-electron chi connectivity index (χ2n) is 13.9. The van der Waals surface area contributed by atoms with Crippen LogP contribution >= 0.6 is 0 Å². The van der Waals surface area contributed by atoms with Crippen molar-refractivity contribution in [2.75, 3.05) is 81.1 Å². The van der Waals surface area contributed by atoms with Gasteiger partial charge in [0.2, 0.25) is 23.7 Å². The van der Waals surface area contributed by atoms with Gasteiger partial charge in [0.1, 0.15) is 27.9 Å². The zero-order valence-electron chi connectivity index (χ0n) is 32.0. The number of piperazine rings is 2. The number of nitrogens with one attached hydrogen (secondary N) is 4. The Morgan fingerprint density at radius 1 is 0.632 bits per heavy atom. The number of aromatic amines is 2. The van der Waals surface area contributed by atoms with Gasteiger partial charge in [0, 0.05) is 98.4 Å². The quantitative estimate of drug-likeness (QED) is 0.130. The van der Waals surface area contributed by atoms with Crippen LogP contribution in [-0.2, 0) is 0 Å². The number of rotatable bonds is 8. The van der Waals surface area contributed by atoms with E-state index in [0.717, 1.165) is 130 Å². The first kappa shape index (κ1) is 36.1. The Morgan fingerprint density at radius 3 is 1.86 bits per heavy atom. The normalized spacial score (nSPS) is 14.6. The van der Waals surface area contributed by atoms with Crippen molar-refractivity contribution in [3.63, 3.8) is 0 Å². The molecular weight excluding hydrogens is 719 g/mol. The second kappa shape index (κ2) is 15.9. The number of para-hydroxylation sites is 1. The minimum Gasteiger partial charge on any atom is -0.476 e. The van der Waals surface area contributed by atoms with Crippen LogP contribution in [0.15, 0.2) is 79.3 Å². The molecule has 2 aliphatic rings. The molecule has 15 heteroatoms. The van der Waals surface area contributed by atoms with E-state index in [0.29, 0.717) is 30.8 Å². The van der Waals surface area contributed by atoms with Gasteiger partial charge in [0.05, 0.1) is 18.7 Å². The number of nitrogen functional groups attached to an aromatic ring is 1. The van der Waals surface area contributed by atoms with E-state index >= 15 is 0 Å². The zero-order chi connectivity index (χ0) is 38.7. The van der Waals surface area contributed by atoms with Gasteiger partial charge < -0.3 is 45.6 Å². The fourth-order valence-electron chi connectivity index (χ4n) is 7.49. The van der Waals surface area contributed by atoms with Gasteiger partial charge in [-0.2, -0.15) is 9.97 Å². The highest BCUT2D eigenvalue weighted by Crippen LogP contribution is 2.37. The first-order valence-corrected chi connectivity index (χ1v) is 19.5. The van der Waals surface area contributed by atoms with E-state index < -0.39 is 0 Å². The van der Waals surface area contributed by atoms with Crippen molar-refractivity contribution < 1.29 is 9.47 Å². The van der Waals surface area contributed by atoms with E-state index in [2.05, 4.69) is 76.8 Å². The third-order valence-electron chi connectivity index (χ3n) is 10.3. The van der Waals surface area contributed by atoms with Crippen LogP contribution in [0.3, 0.4) is 0 Å². The zero-order valence-corrected chi connectivity index (χ0v) is 32.0. The topological polar surface area (TPSA) is 184 Å². The number of benzene rings is 2. The van der Waals surface area contributed by atoms with E-state index in [-0.39, 0.29) is 0 Å². The van der Waals surface area contributed by atoms with Crippen molar-refractivity contribution in [3.05, 3.63) is 79.3 Å². The minimum atomic E-state index is 0.512. The highest BCUT2D eigenvalue weighted by molar-refractivity contribution is 6.11. The molecule has 57 heavy (non-hydrogen) atoms. The smallest absolute Gasteiger partial charge is 0.243 e. The molecule has 2 fully saturated rings. The maximum atomic E-state index is 5.89. The fraction of sp³-hybridized carbons (Fsp3) is 0.286. The van der Waals surface area contributed by atoms with Crippen molar-refractivity contribution in [1.29, 1.82) is 0 Å². The number of pyridine rings is 2. The van der Waals surface area contributed by atoms with E-state index in [1.165, 1.54) is 0 Å². The summed E-state index contributed by atoms with van der Waals surface area (Å²) in [6, 6.07) is 20.4. The van der Waals surface area contributed by atoms with Gasteiger partial charge in [0.25, 0.3) is 0 Å². The van der Waals surface area contributed by atoms with Gasteiger partial charge in [-0.25, -0.2) is 15.0 Å². The molecule has 6 N–H and O–H groups in total. The number of hydrogen-bond acceptors (Lipinski definition) is 13. The van der Waals surface area contributed by atoms with Gasteiger partial charge >= 0.3 is 0 Å². The summed E-state index contributed by atoms with van der Waals surface area (Å²) in [5.74, 6) is 3.16. The lowest BCUT2D eigenvalue weighted by Crippen LogP contribution is -2.44. The molecule has 0 aliphatic carbocycles. The monoisotopic (exact) mass is 763 g/mol. The van der Waals surface area contributed by atoms with Crippen molar-refractivity contribution >= 4 is 61.6 Å². The first-order valence-electron chi connectivity index (χ1n) is 19.5. The summed E-state index contributed by atoms with van der Waals surface area (Å²) in [7, 11) is 0. The molecule has 290 valence electrons. The molecule has 2 saturated heterocycles. The summed E-state index contributed by atoms with van der Waals surface area (Å²) in [6.07, 6.45) is 5.41. The Labute approximate surface area is 329 Å². The van der Waals surface area contributed by atoms with Gasteiger partial charge in [-0.1, -0.05) is 30.3 Å². The molecule has 6 aromatic heterocycles. The molecule has 0 radical (unpaired) electrons. The van der Waals surface area contributed by atoms with Crippen LogP contribution in [0.1, 0.15) is 13.8 Å². The molecule has 8 heterocycles. The molecule has 2 aromatic carbocycles. The standard InChI is InChI=1S/C21H23N7O.C21H22N6O/c1-2-29-20-19-18(26-21(27-20)28-9-7-23-8-10-28)15-5-3-13(11-16(15)25-19)14-4-6-17(22)24-12-14;1-2-28-20-19-18(25-21(26-20)27-12-10-23-11-13-27)16-5-3-4-15(17(16)24-19)14-6-8-22-9-7-14/h3-6,11-12,23,25H,2,7-10H2,1H3,(H2,22,24);3-9,23-24H,2,10-13H2,1H3. The maximum Gasteiger partial charge on any atom is 0.243 e. The molecule has 0 amide bonds. The Kier molecular flexibility index (Phi) is 10.1. The second-order valence-corrected chi connectivity index (χ2v) is 13.9. The van der Waals surface area contributed by atoms with E-state index in [1.807, 2.05) is 50.5 Å². The summed E-state index contributed by atoms with van der Waals surface area (Å²) in [4.78, 5) is 39.0. The van der Waals surface area contributed by atoms with E-state index in [9.17, 15) is 0 Å². The Hall–Kier alpha value is -6.58. The van der Waals surface area contributed by atoms with Gasteiger partial charge in [-0.15, -0.1) is 0 Å². The number of nitrogens with zero attached hydrogens (tertiary/aromatic N) is 8. The summed E-state index contributed by atoms with van der Waals surface area (Å²) < 4.78 is 11.8.